The molecule has 2 aliphatic heterocycles. The van der Waals surface area contributed by atoms with E-state index in [-0.39, 0.29) is 23.5 Å². The van der Waals surface area contributed by atoms with Crippen LogP contribution in [0.25, 0.3) is 10.2 Å². The number of aromatic nitrogens is 1. The molecule has 1 aromatic heterocycles. The highest BCUT2D eigenvalue weighted by atomic mass is 32.2. The lowest BCUT2D eigenvalue weighted by Crippen LogP contribution is -2.49. The molecule has 0 bridgehead atoms. The van der Waals surface area contributed by atoms with E-state index in [1.807, 2.05) is 24.3 Å². The van der Waals surface area contributed by atoms with E-state index < -0.39 is 21.9 Å². The fourth-order valence-electron chi connectivity index (χ4n) is 4.43. The molecule has 0 spiro atoms. The summed E-state index contributed by atoms with van der Waals surface area (Å²) in [6, 6.07) is 11.5. The predicted molar refractivity (Wildman–Crippen MR) is 124 cm³/mol. The van der Waals surface area contributed by atoms with Crippen molar-refractivity contribution in [2.45, 2.75) is 42.7 Å². The van der Waals surface area contributed by atoms with Crippen molar-refractivity contribution in [3.05, 3.63) is 54.3 Å². The zero-order chi connectivity index (χ0) is 23.0. The van der Waals surface area contributed by atoms with E-state index in [2.05, 4.69) is 4.98 Å². The number of hydrogen-bond acceptors (Lipinski definition) is 6. The van der Waals surface area contributed by atoms with Crippen molar-refractivity contribution in [1.29, 1.82) is 0 Å². The molecule has 2 aromatic carbocycles. The maximum atomic E-state index is 13.8. The fraction of sp³-hybridized carbons (Fsp3) is 0.391. The summed E-state index contributed by atoms with van der Waals surface area (Å²) in [7, 11) is -3.95. The van der Waals surface area contributed by atoms with Gasteiger partial charge in [-0.15, -0.1) is 0 Å². The van der Waals surface area contributed by atoms with Gasteiger partial charge in [-0.3, -0.25) is 9.69 Å². The molecular weight excluding hydrogens is 465 g/mol. The van der Waals surface area contributed by atoms with Gasteiger partial charge in [-0.2, -0.15) is 4.31 Å². The maximum Gasteiger partial charge on any atom is 0.247 e. The number of nitrogens with zero attached hydrogens (tertiary/aromatic N) is 3. The van der Waals surface area contributed by atoms with Gasteiger partial charge in [0.25, 0.3) is 0 Å². The lowest BCUT2D eigenvalue weighted by Gasteiger charge is -2.29. The third kappa shape index (κ3) is 4.40. The number of benzene rings is 2. The van der Waals surface area contributed by atoms with Gasteiger partial charge in [0.15, 0.2) is 5.13 Å². The second-order valence-electron chi connectivity index (χ2n) is 8.28. The number of carbonyl (C=O) groups is 1. The number of sulfonamides is 1. The minimum absolute atomic E-state index is 0.0192. The Labute approximate surface area is 195 Å². The molecule has 3 heterocycles. The predicted octanol–water partition coefficient (Wildman–Crippen LogP) is 3.80. The number of amides is 1. The van der Waals surface area contributed by atoms with Crippen molar-refractivity contribution in [1.82, 2.24) is 9.29 Å². The first-order valence-electron chi connectivity index (χ1n) is 11.0. The molecule has 2 saturated heterocycles. The largest absolute Gasteiger partial charge is 0.376 e. The average molecular weight is 490 g/mol. The minimum Gasteiger partial charge on any atom is -0.376 e. The molecule has 5 rings (SSSR count). The van der Waals surface area contributed by atoms with Crippen LogP contribution >= 0.6 is 11.3 Å². The van der Waals surface area contributed by atoms with Crippen LogP contribution < -0.4 is 4.90 Å². The lowest BCUT2D eigenvalue weighted by atomic mass is 10.2. The molecule has 7 nitrogen and oxygen atoms in total. The van der Waals surface area contributed by atoms with Crippen molar-refractivity contribution >= 4 is 42.6 Å². The van der Waals surface area contributed by atoms with Crippen molar-refractivity contribution in [2.24, 2.45) is 0 Å². The highest BCUT2D eigenvalue weighted by Crippen LogP contribution is 2.33. The molecular formula is C23H24FN3O4S2. The second-order valence-corrected chi connectivity index (χ2v) is 11.2. The number of hydrogen-bond donors (Lipinski definition) is 0. The number of rotatable bonds is 6. The Morgan fingerprint density at radius 3 is 2.67 bits per heavy atom. The van der Waals surface area contributed by atoms with Crippen LogP contribution in [0.3, 0.4) is 0 Å². The summed E-state index contributed by atoms with van der Waals surface area (Å²) in [5, 5.41) is 0.544. The van der Waals surface area contributed by atoms with Crippen LogP contribution in [-0.2, 0) is 19.6 Å². The van der Waals surface area contributed by atoms with E-state index in [1.54, 1.807) is 4.90 Å². The normalized spacial score (nSPS) is 21.6. The third-order valence-corrected chi connectivity index (χ3v) is 9.08. The Kier molecular flexibility index (Phi) is 6.17. The highest BCUT2D eigenvalue weighted by molar-refractivity contribution is 7.89. The zero-order valence-electron chi connectivity index (χ0n) is 17.9. The molecule has 2 unspecified atom stereocenters. The minimum atomic E-state index is -3.95. The van der Waals surface area contributed by atoms with E-state index in [0.717, 1.165) is 35.2 Å². The Hall–Kier alpha value is -2.40. The van der Waals surface area contributed by atoms with Gasteiger partial charge in [0.2, 0.25) is 15.9 Å². The summed E-state index contributed by atoms with van der Waals surface area (Å²) in [5.74, 6) is -0.811. The van der Waals surface area contributed by atoms with E-state index in [9.17, 15) is 17.6 Å². The molecule has 0 N–H and O–H groups in total. The molecule has 0 aliphatic carbocycles. The van der Waals surface area contributed by atoms with E-state index in [1.165, 1.54) is 27.8 Å². The van der Waals surface area contributed by atoms with E-state index in [0.29, 0.717) is 31.1 Å². The summed E-state index contributed by atoms with van der Waals surface area (Å²) in [5.41, 5.74) is 0.796. The van der Waals surface area contributed by atoms with Crippen LogP contribution in [0, 0.1) is 5.82 Å². The Morgan fingerprint density at radius 1 is 1.15 bits per heavy atom. The summed E-state index contributed by atoms with van der Waals surface area (Å²) < 4.78 is 47.9. The van der Waals surface area contributed by atoms with Crippen LogP contribution in [0.4, 0.5) is 9.52 Å². The van der Waals surface area contributed by atoms with Gasteiger partial charge in [-0.25, -0.2) is 17.8 Å². The van der Waals surface area contributed by atoms with Crippen LogP contribution in [0.15, 0.2) is 53.4 Å². The molecule has 174 valence electrons. The Morgan fingerprint density at radius 2 is 1.94 bits per heavy atom. The Bertz CT molecular complexity index is 1220. The molecule has 10 heteroatoms. The molecule has 0 radical (unpaired) electrons. The monoisotopic (exact) mass is 489 g/mol. The highest BCUT2D eigenvalue weighted by Gasteiger charge is 2.42. The summed E-state index contributed by atoms with van der Waals surface area (Å²) >= 11 is 1.41. The first-order valence-corrected chi connectivity index (χ1v) is 13.2. The standard InChI is InChI=1S/C23H24FN3O4S2/c24-16-9-11-18(12-10-16)33(29,30)27-13-3-7-20(27)22(28)26(15-17-5-4-14-31-17)23-25-19-6-1-2-8-21(19)32-23/h1-2,6,8-12,17,20H,3-5,7,13-15H2. The number of para-hydroxylation sites is 1. The molecule has 2 aliphatic rings. The van der Waals surface area contributed by atoms with Gasteiger partial charge in [-0.1, -0.05) is 23.5 Å². The van der Waals surface area contributed by atoms with Gasteiger partial charge in [0, 0.05) is 13.2 Å². The van der Waals surface area contributed by atoms with Gasteiger partial charge < -0.3 is 4.74 Å². The molecule has 2 fully saturated rings. The second kappa shape index (κ2) is 9.09. The first kappa shape index (κ1) is 22.4. The smallest absolute Gasteiger partial charge is 0.247 e. The van der Waals surface area contributed by atoms with Crippen LogP contribution in [0.2, 0.25) is 0 Å². The molecule has 0 saturated carbocycles. The van der Waals surface area contributed by atoms with Gasteiger partial charge >= 0.3 is 0 Å². The van der Waals surface area contributed by atoms with Crippen LogP contribution in [0.5, 0.6) is 0 Å². The number of thiazole rings is 1. The van der Waals surface area contributed by atoms with E-state index >= 15 is 0 Å². The van der Waals surface area contributed by atoms with Crippen molar-refractivity contribution in [2.75, 3.05) is 24.6 Å². The van der Waals surface area contributed by atoms with Gasteiger partial charge in [0.1, 0.15) is 11.9 Å². The summed E-state index contributed by atoms with van der Waals surface area (Å²) in [6.45, 7) is 1.23. The molecule has 2 atom stereocenters. The molecule has 1 amide bonds. The third-order valence-electron chi connectivity index (χ3n) is 6.10. The number of fused-ring (bicyclic) bond motifs is 1. The quantitative estimate of drug-likeness (QED) is 0.526. The number of ether oxygens (including phenoxy) is 1. The molecule has 33 heavy (non-hydrogen) atoms. The summed E-state index contributed by atoms with van der Waals surface area (Å²) in [4.78, 5) is 20.1. The van der Waals surface area contributed by atoms with Crippen LogP contribution in [-0.4, -0.2) is 55.5 Å². The maximum absolute atomic E-state index is 13.8. The van der Waals surface area contributed by atoms with Crippen molar-refractivity contribution in [3.8, 4) is 0 Å². The van der Waals surface area contributed by atoms with Gasteiger partial charge in [-0.05, 0) is 62.1 Å². The lowest BCUT2D eigenvalue weighted by molar-refractivity contribution is -0.122. The zero-order valence-corrected chi connectivity index (χ0v) is 19.5. The van der Waals surface area contributed by atoms with Crippen LogP contribution in [0.1, 0.15) is 25.7 Å². The average Bonchev–Trinajstić information content (AvgIpc) is 3.57. The van der Waals surface area contributed by atoms with Crippen molar-refractivity contribution < 1.29 is 22.3 Å². The van der Waals surface area contributed by atoms with Gasteiger partial charge in [0.05, 0.1) is 27.8 Å². The Balaban J connectivity index is 1.47. The number of carbonyl (C=O) groups excluding carboxylic acids is 1. The first-order chi connectivity index (χ1) is 15.9. The number of anilines is 1. The SMILES string of the molecule is O=C(C1CCCN1S(=O)(=O)c1ccc(F)cc1)N(CC1CCCO1)c1nc2ccccc2s1. The summed E-state index contributed by atoms with van der Waals surface area (Å²) in [6.07, 6.45) is 2.67. The van der Waals surface area contributed by atoms with Crippen molar-refractivity contribution in [3.63, 3.8) is 0 Å². The topological polar surface area (TPSA) is 79.8 Å². The number of halogens is 1. The molecule has 3 aromatic rings. The fourth-order valence-corrected chi connectivity index (χ4v) is 7.06. The van der Waals surface area contributed by atoms with E-state index in [4.69, 9.17) is 4.74 Å².